The molecule has 0 aliphatic carbocycles. The molecule has 0 radical (unpaired) electrons. The summed E-state index contributed by atoms with van der Waals surface area (Å²) in [6.07, 6.45) is 5.27. The van der Waals surface area contributed by atoms with Gasteiger partial charge in [-0.05, 0) is 44.5 Å². The van der Waals surface area contributed by atoms with E-state index in [0.717, 1.165) is 38.4 Å². The molecular formula is C15H24N4O. The van der Waals surface area contributed by atoms with Gasteiger partial charge in [-0.3, -0.25) is 4.79 Å². The third-order valence-electron chi connectivity index (χ3n) is 3.49. The third kappa shape index (κ3) is 4.49. The number of nitrogens with one attached hydrogen (secondary N) is 2. The molecule has 0 spiro atoms. The van der Waals surface area contributed by atoms with Crippen LogP contribution in [-0.4, -0.2) is 48.5 Å². The molecule has 0 unspecified atom stereocenters. The maximum Gasteiger partial charge on any atom is 0.251 e. The molecule has 0 atom stereocenters. The number of nitrogens with zero attached hydrogens (tertiary/aromatic N) is 2. The molecule has 0 bridgehead atoms. The first-order valence-corrected chi connectivity index (χ1v) is 7.50. The molecule has 110 valence electrons. The van der Waals surface area contributed by atoms with E-state index < -0.39 is 0 Å². The Morgan fingerprint density at radius 2 is 2.15 bits per heavy atom. The van der Waals surface area contributed by atoms with Crippen LogP contribution >= 0.6 is 0 Å². The molecule has 2 N–H and O–H groups in total. The van der Waals surface area contributed by atoms with Crippen molar-refractivity contribution in [2.75, 3.05) is 38.0 Å². The third-order valence-corrected chi connectivity index (χ3v) is 3.49. The minimum Gasteiger partial charge on any atom is -0.370 e. The van der Waals surface area contributed by atoms with Crippen LogP contribution in [0.4, 0.5) is 5.82 Å². The molecule has 2 heterocycles. The first kappa shape index (κ1) is 14.8. The molecule has 0 saturated carbocycles. The molecule has 0 aromatic carbocycles. The highest BCUT2D eigenvalue weighted by atomic mass is 16.1. The lowest BCUT2D eigenvalue weighted by atomic mass is 10.2. The molecule has 1 aliphatic heterocycles. The summed E-state index contributed by atoms with van der Waals surface area (Å²) in [6, 6.07) is 3.56. The Balaban J connectivity index is 1.78. The van der Waals surface area contributed by atoms with Crippen molar-refractivity contribution in [1.29, 1.82) is 0 Å². The van der Waals surface area contributed by atoms with E-state index in [1.165, 1.54) is 12.8 Å². The number of hydrogen-bond donors (Lipinski definition) is 2. The molecule has 1 saturated heterocycles. The minimum absolute atomic E-state index is 0.0221. The lowest BCUT2D eigenvalue weighted by Crippen LogP contribution is -2.33. The van der Waals surface area contributed by atoms with Gasteiger partial charge in [-0.2, -0.15) is 0 Å². The van der Waals surface area contributed by atoms with E-state index in [4.69, 9.17) is 0 Å². The summed E-state index contributed by atoms with van der Waals surface area (Å²) in [6.45, 7) is 6.94. The van der Waals surface area contributed by atoms with Crippen LogP contribution in [0.1, 0.15) is 36.5 Å². The first-order chi connectivity index (χ1) is 9.79. The fourth-order valence-electron chi connectivity index (χ4n) is 2.36. The van der Waals surface area contributed by atoms with Crippen LogP contribution in [0.15, 0.2) is 18.3 Å². The lowest BCUT2D eigenvalue weighted by Gasteiger charge is -2.14. The number of anilines is 1. The molecule has 1 aromatic rings. The highest BCUT2D eigenvalue weighted by Crippen LogP contribution is 2.07. The van der Waals surface area contributed by atoms with Crippen LogP contribution in [0, 0.1) is 0 Å². The van der Waals surface area contributed by atoms with Crippen molar-refractivity contribution in [3.05, 3.63) is 23.9 Å². The second-order valence-electron chi connectivity index (χ2n) is 5.16. The Kier molecular flexibility index (Phi) is 5.80. The van der Waals surface area contributed by atoms with Gasteiger partial charge in [0.05, 0.1) is 0 Å². The summed E-state index contributed by atoms with van der Waals surface area (Å²) >= 11 is 0. The number of pyridine rings is 1. The van der Waals surface area contributed by atoms with Crippen molar-refractivity contribution in [1.82, 2.24) is 15.2 Å². The minimum atomic E-state index is -0.0221. The second-order valence-corrected chi connectivity index (χ2v) is 5.16. The van der Waals surface area contributed by atoms with Gasteiger partial charge in [0, 0.05) is 31.4 Å². The number of amides is 1. The van der Waals surface area contributed by atoms with Crippen molar-refractivity contribution in [2.24, 2.45) is 0 Å². The summed E-state index contributed by atoms with van der Waals surface area (Å²) in [4.78, 5) is 18.7. The average Bonchev–Trinajstić information content (AvgIpc) is 2.98. The highest BCUT2D eigenvalue weighted by Gasteiger charge is 2.12. The lowest BCUT2D eigenvalue weighted by molar-refractivity contribution is 0.0949. The van der Waals surface area contributed by atoms with Gasteiger partial charge < -0.3 is 15.5 Å². The molecule has 1 aromatic heterocycles. The van der Waals surface area contributed by atoms with Gasteiger partial charge in [-0.25, -0.2) is 4.98 Å². The summed E-state index contributed by atoms with van der Waals surface area (Å²) in [7, 11) is 0. The SMILES string of the molecule is CCCNc1cc(C(=O)NCCN2CCCC2)ccn1. The summed E-state index contributed by atoms with van der Waals surface area (Å²) < 4.78 is 0. The molecule has 1 aliphatic rings. The van der Waals surface area contributed by atoms with Gasteiger partial charge in [0.1, 0.15) is 5.82 Å². The smallest absolute Gasteiger partial charge is 0.251 e. The predicted molar refractivity (Wildman–Crippen MR) is 81.0 cm³/mol. The molecule has 5 nitrogen and oxygen atoms in total. The van der Waals surface area contributed by atoms with Crippen molar-refractivity contribution in [3.8, 4) is 0 Å². The van der Waals surface area contributed by atoms with Gasteiger partial charge in [0.2, 0.25) is 0 Å². The van der Waals surface area contributed by atoms with Gasteiger partial charge >= 0.3 is 0 Å². The zero-order chi connectivity index (χ0) is 14.2. The molecule has 2 rings (SSSR count). The standard InChI is InChI=1S/C15H24N4O/c1-2-6-16-14-12-13(5-7-17-14)15(20)18-8-11-19-9-3-4-10-19/h5,7,12H,2-4,6,8-11H2,1H3,(H,16,17)(H,18,20). The number of rotatable bonds is 7. The topological polar surface area (TPSA) is 57.3 Å². The second kappa shape index (κ2) is 7.85. The Morgan fingerprint density at radius 1 is 1.35 bits per heavy atom. The van der Waals surface area contributed by atoms with Crippen LogP contribution in [0.25, 0.3) is 0 Å². The highest BCUT2D eigenvalue weighted by molar-refractivity contribution is 5.94. The maximum atomic E-state index is 12.1. The largest absolute Gasteiger partial charge is 0.370 e. The van der Waals surface area contributed by atoms with Gasteiger partial charge in [-0.1, -0.05) is 6.92 Å². The van der Waals surface area contributed by atoms with Crippen molar-refractivity contribution in [3.63, 3.8) is 0 Å². The molecule has 20 heavy (non-hydrogen) atoms. The number of carbonyl (C=O) groups is 1. The maximum absolute atomic E-state index is 12.1. The van der Waals surface area contributed by atoms with Crippen LogP contribution < -0.4 is 10.6 Å². The van der Waals surface area contributed by atoms with Gasteiger partial charge in [-0.15, -0.1) is 0 Å². The van der Waals surface area contributed by atoms with Crippen LogP contribution in [0.2, 0.25) is 0 Å². The fourth-order valence-corrected chi connectivity index (χ4v) is 2.36. The molecule has 1 amide bonds. The van der Waals surface area contributed by atoms with E-state index in [2.05, 4.69) is 27.4 Å². The van der Waals surface area contributed by atoms with Crippen molar-refractivity contribution < 1.29 is 4.79 Å². The van der Waals surface area contributed by atoms with E-state index in [1.807, 2.05) is 0 Å². The van der Waals surface area contributed by atoms with Crippen LogP contribution in [0.5, 0.6) is 0 Å². The van der Waals surface area contributed by atoms with Crippen LogP contribution in [0.3, 0.4) is 0 Å². The summed E-state index contributed by atoms with van der Waals surface area (Å²) in [5.41, 5.74) is 0.667. The van der Waals surface area contributed by atoms with Gasteiger partial charge in [0.25, 0.3) is 5.91 Å². The van der Waals surface area contributed by atoms with E-state index in [1.54, 1.807) is 18.3 Å². The first-order valence-electron chi connectivity index (χ1n) is 7.50. The number of hydrogen-bond acceptors (Lipinski definition) is 4. The Labute approximate surface area is 120 Å². The normalized spacial score (nSPS) is 15.2. The fraction of sp³-hybridized carbons (Fsp3) is 0.600. The van der Waals surface area contributed by atoms with E-state index in [-0.39, 0.29) is 5.91 Å². The van der Waals surface area contributed by atoms with Crippen molar-refractivity contribution in [2.45, 2.75) is 26.2 Å². The number of likely N-dealkylation sites (tertiary alicyclic amines) is 1. The zero-order valence-corrected chi connectivity index (χ0v) is 12.2. The van der Waals surface area contributed by atoms with Gasteiger partial charge in [0.15, 0.2) is 0 Å². The Hall–Kier alpha value is -1.62. The number of aromatic nitrogens is 1. The van der Waals surface area contributed by atoms with Crippen LogP contribution in [-0.2, 0) is 0 Å². The summed E-state index contributed by atoms with van der Waals surface area (Å²) in [5.74, 6) is 0.741. The van der Waals surface area contributed by atoms with E-state index in [9.17, 15) is 4.79 Å². The number of carbonyl (C=O) groups excluding carboxylic acids is 1. The Morgan fingerprint density at radius 3 is 2.90 bits per heavy atom. The zero-order valence-electron chi connectivity index (χ0n) is 12.2. The average molecular weight is 276 g/mol. The quantitative estimate of drug-likeness (QED) is 0.796. The van der Waals surface area contributed by atoms with Crippen molar-refractivity contribution >= 4 is 11.7 Å². The van der Waals surface area contributed by atoms with E-state index >= 15 is 0 Å². The molecule has 5 heteroatoms. The molecular weight excluding hydrogens is 252 g/mol. The Bertz CT molecular complexity index is 430. The monoisotopic (exact) mass is 276 g/mol. The van der Waals surface area contributed by atoms with E-state index in [0.29, 0.717) is 12.1 Å². The molecule has 1 fully saturated rings. The summed E-state index contributed by atoms with van der Waals surface area (Å²) in [5, 5.41) is 6.16. The predicted octanol–water partition coefficient (Wildman–Crippen LogP) is 1.73.